The predicted octanol–water partition coefficient (Wildman–Crippen LogP) is 5.01. The number of carbonyl (C=O) groups excluding carboxylic acids is 1. The highest BCUT2D eigenvalue weighted by Gasteiger charge is 2.43. The summed E-state index contributed by atoms with van der Waals surface area (Å²) < 4.78 is 6.78. The molecule has 1 aliphatic heterocycles. The topological polar surface area (TPSA) is 70.8 Å². The minimum atomic E-state index is -0.653. The van der Waals surface area contributed by atoms with Gasteiger partial charge in [-0.15, -0.1) is 0 Å². The molecule has 1 amide bonds. The molecule has 0 fully saturated rings. The van der Waals surface area contributed by atoms with Crippen LogP contribution in [0.4, 0.5) is 5.69 Å². The van der Waals surface area contributed by atoms with E-state index in [9.17, 15) is 14.7 Å². The van der Waals surface area contributed by atoms with Crippen molar-refractivity contribution < 1.29 is 14.3 Å². The number of rotatable bonds is 2. The number of halogens is 1. The second-order valence-electron chi connectivity index (χ2n) is 6.82. The molecule has 1 aliphatic rings. The summed E-state index contributed by atoms with van der Waals surface area (Å²) in [6.45, 7) is 0. The van der Waals surface area contributed by atoms with E-state index in [-0.39, 0.29) is 22.8 Å². The van der Waals surface area contributed by atoms with Gasteiger partial charge < -0.3 is 9.52 Å². The lowest BCUT2D eigenvalue weighted by Gasteiger charge is -2.25. The number of phenols is 1. The Hall–Kier alpha value is -3.38. The molecule has 0 radical (unpaired) electrons. The highest BCUT2D eigenvalue weighted by Crippen LogP contribution is 2.41. The highest BCUT2D eigenvalue weighted by atomic mass is 79.9. The lowest BCUT2D eigenvalue weighted by molar-refractivity contribution is 0.0971. The van der Waals surface area contributed by atoms with Crippen LogP contribution in [0.5, 0.6) is 5.75 Å². The van der Waals surface area contributed by atoms with E-state index in [1.807, 2.05) is 24.3 Å². The van der Waals surface area contributed by atoms with Gasteiger partial charge in [-0.2, -0.15) is 0 Å². The molecule has 0 saturated heterocycles. The molecule has 0 saturated carbocycles. The van der Waals surface area contributed by atoms with E-state index in [0.29, 0.717) is 27.8 Å². The molecule has 6 heteroatoms. The summed E-state index contributed by atoms with van der Waals surface area (Å²) in [5, 5.41) is 10.1. The van der Waals surface area contributed by atoms with E-state index < -0.39 is 6.04 Å². The third-order valence-electron chi connectivity index (χ3n) is 5.09. The minimum absolute atomic E-state index is 0.0506. The number of aromatic hydroxyl groups is 1. The van der Waals surface area contributed by atoms with Crippen molar-refractivity contribution in [1.82, 2.24) is 0 Å². The average molecular weight is 448 g/mol. The van der Waals surface area contributed by atoms with Gasteiger partial charge in [0.2, 0.25) is 5.76 Å². The molecule has 0 bridgehead atoms. The normalized spacial score (nSPS) is 15.7. The molecule has 5 rings (SSSR count). The van der Waals surface area contributed by atoms with Crippen molar-refractivity contribution in [3.63, 3.8) is 0 Å². The number of hydrogen-bond acceptors (Lipinski definition) is 4. The highest BCUT2D eigenvalue weighted by molar-refractivity contribution is 9.10. The Labute approximate surface area is 174 Å². The molecule has 3 aromatic carbocycles. The fraction of sp³-hybridized carbons (Fsp3) is 0.0435. The van der Waals surface area contributed by atoms with E-state index in [0.717, 1.165) is 4.47 Å². The first-order valence-electron chi connectivity index (χ1n) is 8.98. The number of amides is 1. The fourth-order valence-corrected chi connectivity index (χ4v) is 4.02. The molecule has 5 nitrogen and oxygen atoms in total. The fourth-order valence-electron chi connectivity index (χ4n) is 3.76. The van der Waals surface area contributed by atoms with Gasteiger partial charge in [0.25, 0.3) is 5.91 Å². The van der Waals surface area contributed by atoms with Crippen molar-refractivity contribution >= 4 is 38.5 Å². The van der Waals surface area contributed by atoms with E-state index in [1.165, 1.54) is 0 Å². The quantitative estimate of drug-likeness (QED) is 0.468. The molecule has 29 heavy (non-hydrogen) atoms. The van der Waals surface area contributed by atoms with Gasteiger partial charge in [-0.05, 0) is 54.1 Å². The Bertz CT molecular complexity index is 1310. The maximum absolute atomic E-state index is 13.4. The molecule has 0 spiro atoms. The van der Waals surface area contributed by atoms with Crippen LogP contribution in [0, 0.1) is 0 Å². The zero-order valence-corrected chi connectivity index (χ0v) is 16.6. The third-order valence-corrected chi connectivity index (χ3v) is 5.62. The Balaban J connectivity index is 1.81. The summed E-state index contributed by atoms with van der Waals surface area (Å²) in [7, 11) is 0. The van der Waals surface area contributed by atoms with Crippen LogP contribution in [0.2, 0.25) is 0 Å². The standard InChI is InChI=1S/C23H14BrNO4/c24-14-7-9-15(10-8-14)25-20(13-5-11-16(26)12-6-13)19-21(27)17-3-1-2-4-18(17)29-22(19)23(25)28/h1-12,20,26H. The van der Waals surface area contributed by atoms with Gasteiger partial charge >= 0.3 is 0 Å². The number of carbonyl (C=O) groups is 1. The van der Waals surface area contributed by atoms with Crippen LogP contribution in [0.1, 0.15) is 27.7 Å². The Kier molecular flexibility index (Phi) is 4.03. The first-order valence-corrected chi connectivity index (χ1v) is 9.77. The molecule has 1 N–H and O–H groups in total. The van der Waals surface area contributed by atoms with E-state index in [4.69, 9.17) is 4.42 Å². The van der Waals surface area contributed by atoms with Gasteiger partial charge in [0, 0.05) is 10.2 Å². The van der Waals surface area contributed by atoms with Crippen molar-refractivity contribution in [3.05, 3.63) is 104 Å². The minimum Gasteiger partial charge on any atom is -0.508 e. The maximum Gasteiger partial charge on any atom is 0.295 e. The van der Waals surface area contributed by atoms with Crippen LogP contribution in [0.15, 0.2) is 86.5 Å². The predicted molar refractivity (Wildman–Crippen MR) is 113 cm³/mol. The van der Waals surface area contributed by atoms with Gasteiger partial charge in [-0.25, -0.2) is 0 Å². The Morgan fingerprint density at radius 3 is 2.31 bits per heavy atom. The molecule has 4 aromatic rings. The number of nitrogens with zero attached hydrogens (tertiary/aromatic N) is 1. The van der Waals surface area contributed by atoms with Crippen molar-refractivity contribution in [2.45, 2.75) is 6.04 Å². The summed E-state index contributed by atoms with van der Waals surface area (Å²) in [4.78, 5) is 28.3. The largest absolute Gasteiger partial charge is 0.508 e. The lowest BCUT2D eigenvalue weighted by Crippen LogP contribution is -2.29. The number of phenolic OH excluding ortho intramolecular Hbond substituents is 1. The molecular weight excluding hydrogens is 434 g/mol. The second kappa shape index (κ2) is 6.60. The first kappa shape index (κ1) is 17.7. The zero-order chi connectivity index (χ0) is 20.1. The number of para-hydroxylation sites is 1. The molecule has 1 aromatic heterocycles. The summed E-state index contributed by atoms with van der Waals surface area (Å²) in [6, 6.07) is 20.1. The Morgan fingerprint density at radius 2 is 1.59 bits per heavy atom. The number of hydrogen-bond donors (Lipinski definition) is 1. The van der Waals surface area contributed by atoms with Crippen molar-refractivity contribution in [2.24, 2.45) is 0 Å². The third kappa shape index (κ3) is 2.76. The lowest BCUT2D eigenvalue weighted by atomic mass is 9.98. The van der Waals surface area contributed by atoms with Gasteiger partial charge in [-0.1, -0.05) is 40.2 Å². The van der Waals surface area contributed by atoms with Crippen LogP contribution < -0.4 is 10.3 Å². The van der Waals surface area contributed by atoms with Gasteiger partial charge in [0.15, 0.2) is 5.43 Å². The summed E-state index contributed by atoms with van der Waals surface area (Å²) >= 11 is 3.41. The zero-order valence-electron chi connectivity index (χ0n) is 15.0. The summed E-state index contributed by atoms with van der Waals surface area (Å²) in [5.74, 6) is -0.211. The van der Waals surface area contributed by atoms with Crippen LogP contribution in [-0.4, -0.2) is 11.0 Å². The summed E-state index contributed by atoms with van der Waals surface area (Å²) in [5.41, 5.74) is 1.81. The molecule has 142 valence electrons. The van der Waals surface area contributed by atoms with E-state index in [2.05, 4.69) is 15.9 Å². The number of anilines is 1. The monoisotopic (exact) mass is 447 g/mol. The SMILES string of the molecule is O=C1c2oc3ccccc3c(=O)c2C(c2ccc(O)cc2)N1c1ccc(Br)cc1. The molecule has 1 atom stereocenters. The average Bonchev–Trinajstić information content (AvgIpc) is 3.02. The van der Waals surface area contributed by atoms with Crippen molar-refractivity contribution in [1.29, 1.82) is 0 Å². The smallest absolute Gasteiger partial charge is 0.295 e. The molecule has 2 heterocycles. The molecular formula is C23H14BrNO4. The number of fused-ring (bicyclic) bond motifs is 2. The number of benzene rings is 3. The van der Waals surface area contributed by atoms with Crippen molar-refractivity contribution in [2.75, 3.05) is 4.90 Å². The van der Waals surface area contributed by atoms with Gasteiger partial charge in [0.05, 0.1) is 17.0 Å². The van der Waals surface area contributed by atoms with Crippen molar-refractivity contribution in [3.8, 4) is 5.75 Å². The van der Waals surface area contributed by atoms with E-state index >= 15 is 0 Å². The Morgan fingerprint density at radius 1 is 0.897 bits per heavy atom. The second-order valence-corrected chi connectivity index (χ2v) is 7.73. The van der Waals surface area contributed by atoms with Crippen LogP contribution >= 0.6 is 15.9 Å². The van der Waals surface area contributed by atoms with Crippen LogP contribution in [-0.2, 0) is 0 Å². The summed E-state index contributed by atoms with van der Waals surface area (Å²) in [6.07, 6.45) is 0. The van der Waals surface area contributed by atoms with Crippen LogP contribution in [0.25, 0.3) is 11.0 Å². The first-order chi connectivity index (χ1) is 14.0. The van der Waals surface area contributed by atoms with Gasteiger partial charge in [-0.3, -0.25) is 14.5 Å². The van der Waals surface area contributed by atoms with E-state index in [1.54, 1.807) is 53.4 Å². The maximum atomic E-state index is 13.4. The van der Waals surface area contributed by atoms with Gasteiger partial charge in [0.1, 0.15) is 11.3 Å². The van der Waals surface area contributed by atoms with Crippen LogP contribution in [0.3, 0.4) is 0 Å². The molecule has 1 unspecified atom stereocenters. The molecule has 0 aliphatic carbocycles.